The van der Waals surface area contributed by atoms with Crippen LogP contribution in [0.2, 0.25) is 0 Å². The summed E-state index contributed by atoms with van der Waals surface area (Å²) in [4.78, 5) is 22.6. The van der Waals surface area contributed by atoms with Crippen LogP contribution in [0.15, 0.2) is 30.7 Å². The van der Waals surface area contributed by atoms with Gasteiger partial charge < -0.3 is 4.98 Å². The van der Waals surface area contributed by atoms with E-state index in [1.165, 1.54) is 17.5 Å². The highest BCUT2D eigenvalue weighted by Crippen LogP contribution is 2.28. The smallest absolute Gasteiger partial charge is 0.152 e. The van der Waals surface area contributed by atoms with Crippen molar-refractivity contribution in [3.63, 3.8) is 0 Å². The molecule has 0 bridgehead atoms. The van der Waals surface area contributed by atoms with Gasteiger partial charge in [-0.2, -0.15) is 0 Å². The number of H-pyrrole nitrogens is 1. The number of aryl methyl sites for hydroxylation is 2. The Balaban J connectivity index is 2.32. The first kappa shape index (κ1) is 11.6. The fourth-order valence-corrected chi connectivity index (χ4v) is 2.19. The van der Waals surface area contributed by atoms with Gasteiger partial charge in [0.25, 0.3) is 0 Å². The highest BCUT2D eigenvalue weighted by molar-refractivity contribution is 6.03. The summed E-state index contributed by atoms with van der Waals surface area (Å²) in [5.41, 5.74) is 5.50. The second kappa shape index (κ2) is 4.31. The Labute approximate surface area is 110 Å². The SMILES string of the molecule is Cc1ccc(-c2ncnc3[nH]cc(C=O)c23)cc1C. The van der Waals surface area contributed by atoms with Gasteiger partial charge in [0.15, 0.2) is 6.29 Å². The Morgan fingerprint density at radius 2 is 2.00 bits per heavy atom. The standard InChI is InChI=1S/C15H13N3O/c1-9-3-4-11(5-10(9)2)14-13-12(7-19)6-16-15(13)18-8-17-14/h3-8H,1-2H3,(H,16,17,18). The number of rotatable bonds is 2. The molecule has 0 amide bonds. The molecule has 19 heavy (non-hydrogen) atoms. The molecule has 1 aromatic carbocycles. The largest absolute Gasteiger partial charge is 0.345 e. The number of nitrogens with one attached hydrogen (secondary N) is 1. The number of carbonyl (C=O) groups excluding carboxylic acids is 1. The van der Waals surface area contributed by atoms with Gasteiger partial charge in [0, 0.05) is 17.3 Å². The average Bonchev–Trinajstić information content (AvgIpc) is 2.85. The molecule has 0 atom stereocenters. The van der Waals surface area contributed by atoms with Crippen molar-refractivity contribution in [2.75, 3.05) is 0 Å². The van der Waals surface area contributed by atoms with Crippen molar-refractivity contribution in [2.45, 2.75) is 13.8 Å². The quantitative estimate of drug-likeness (QED) is 0.712. The van der Waals surface area contributed by atoms with Crippen molar-refractivity contribution >= 4 is 17.3 Å². The Bertz CT molecular complexity index is 774. The van der Waals surface area contributed by atoms with Gasteiger partial charge >= 0.3 is 0 Å². The zero-order chi connectivity index (χ0) is 13.4. The average molecular weight is 251 g/mol. The van der Waals surface area contributed by atoms with E-state index >= 15 is 0 Å². The normalized spacial score (nSPS) is 10.8. The van der Waals surface area contributed by atoms with Crippen molar-refractivity contribution in [1.29, 1.82) is 0 Å². The van der Waals surface area contributed by atoms with Gasteiger partial charge in [-0.15, -0.1) is 0 Å². The molecule has 0 spiro atoms. The van der Waals surface area contributed by atoms with Gasteiger partial charge in [-0.05, 0) is 31.0 Å². The van der Waals surface area contributed by atoms with Gasteiger partial charge in [-0.25, -0.2) is 9.97 Å². The van der Waals surface area contributed by atoms with Crippen LogP contribution in [-0.4, -0.2) is 21.2 Å². The molecule has 0 fully saturated rings. The predicted octanol–water partition coefficient (Wildman–Crippen LogP) is 3.05. The van der Waals surface area contributed by atoms with Gasteiger partial charge in [0.05, 0.1) is 11.1 Å². The molecule has 2 aromatic heterocycles. The third-order valence-corrected chi connectivity index (χ3v) is 3.41. The van der Waals surface area contributed by atoms with Crippen molar-refractivity contribution in [3.8, 4) is 11.3 Å². The summed E-state index contributed by atoms with van der Waals surface area (Å²) in [5.74, 6) is 0. The molecule has 3 rings (SSSR count). The third kappa shape index (κ3) is 1.81. The lowest BCUT2D eigenvalue weighted by molar-refractivity contribution is 0.112. The minimum absolute atomic E-state index is 0.587. The molecule has 3 aromatic rings. The molecular weight excluding hydrogens is 238 g/mol. The topological polar surface area (TPSA) is 58.6 Å². The molecule has 1 N–H and O–H groups in total. The zero-order valence-corrected chi connectivity index (χ0v) is 10.8. The molecule has 4 heteroatoms. The fraction of sp³-hybridized carbons (Fsp3) is 0.133. The summed E-state index contributed by atoms with van der Waals surface area (Å²) in [6, 6.07) is 6.16. The molecule has 0 radical (unpaired) electrons. The maximum absolute atomic E-state index is 11.1. The first-order valence-corrected chi connectivity index (χ1v) is 6.05. The monoisotopic (exact) mass is 251 g/mol. The Kier molecular flexibility index (Phi) is 2.63. The molecule has 0 aliphatic rings. The first-order valence-electron chi connectivity index (χ1n) is 6.05. The van der Waals surface area contributed by atoms with Crippen LogP contribution in [-0.2, 0) is 0 Å². The maximum Gasteiger partial charge on any atom is 0.152 e. The Hall–Kier alpha value is -2.49. The molecule has 0 saturated heterocycles. The third-order valence-electron chi connectivity index (χ3n) is 3.41. The van der Waals surface area contributed by atoms with E-state index in [1.807, 2.05) is 6.07 Å². The van der Waals surface area contributed by atoms with Crippen LogP contribution in [0.5, 0.6) is 0 Å². The number of hydrogen-bond donors (Lipinski definition) is 1. The highest BCUT2D eigenvalue weighted by Gasteiger charge is 2.12. The lowest BCUT2D eigenvalue weighted by Crippen LogP contribution is -1.91. The maximum atomic E-state index is 11.1. The van der Waals surface area contributed by atoms with Gasteiger partial charge in [-0.1, -0.05) is 12.1 Å². The van der Waals surface area contributed by atoms with E-state index in [-0.39, 0.29) is 0 Å². The minimum atomic E-state index is 0.587. The lowest BCUT2D eigenvalue weighted by atomic mass is 10.0. The second-order valence-corrected chi connectivity index (χ2v) is 4.61. The number of aromatic nitrogens is 3. The molecule has 0 aliphatic carbocycles. The van der Waals surface area contributed by atoms with E-state index in [0.29, 0.717) is 11.2 Å². The van der Waals surface area contributed by atoms with Crippen LogP contribution >= 0.6 is 0 Å². The summed E-state index contributed by atoms with van der Waals surface area (Å²) in [7, 11) is 0. The molecule has 0 aliphatic heterocycles. The molecule has 0 unspecified atom stereocenters. The minimum Gasteiger partial charge on any atom is -0.345 e. The van der Waals surface area contributed by atoms with E-state index in [2.05, 4.69) is 40.9 Å². The second-order valence-electron chi connectivity index (χ2n) is 4.61. The molecule has 2 heterocycles. The number of carbonyl (C=O) groups is 1. The van der Waals surface area contributed by atoms with Crippen LogP contribution in [0.3, 0.4) is 0 Å². The Morgan fingerprint density at radius 1 is 1.16 bits per heavy atom. The van der Waals surface area contributed by atoms with E-state index in [9.17, 15) is 4.79 Å². The van der Waals surface area contributed by atoms with Gasteiger partial charge in [0.1, 0.15) is 12.0 Å². The van der Waals surface area contributed by atoms with Crippen molar-refractivity contribution in [2.24, 2.45) is 0 Å². The van der Waals surface area contributed by atoms with Crippen LogP contribution in [0, 0.1) is 13.8 Å². The zero-order valence-electron chi connectivity index (χ0n) is 10.8. The van der Waals surface area contributed by atoms with Crippen molar-refractivity contribution in [1.82, 2.24) is 15.0 Å². The summed E-state index contributed by atoms with van der Waals surface area (Å²) >= 11 is 0. The van der Waals surface area contributed by atoms with Gasteiger partial charge in [-0.3, -0.25) is 4.79 Å². The molecule has 94 valence electrons. The number of benzene rings is 1. The van der Waals surface area contributed by atoms with Gasteiger partial charge in [0.2, 0.25) is 0 Å². The lowest BCUT2D eigenvalue weighted by Gasteiger charge is -2.06. The highest BCUT2D eigenvalue weighted by atomic mass is 16.1. The summed E-state index contributed by atoms with van der Waals surface area (Å²) in [6.07, 6.45) is 4.00. The number of nitrogens with zero attached hydrogens (tertiary/aromatic N) is 2. The Morgan fingerprint density at radius 3 is 2.74 bits per heavy atom. The summed E-state index contributed by atoms with van der Waals surface area (Å²) < 4.78 is 0. The van der Waals surface area contributed by atoms with Crippen LogP contribution in [0.1, 0.15) is 21.5 Å². The van der Waals surface area contributed by atoms with Crippen molar-refractivity contribution < 1.29 is 4.79 Å². The summed E-state index contributed by atoms with van der Waals surface area (Å²) in [5, 5.41) is 0.778. The molecule has 0 saturated carbocycles. The van der Waals surface area contributed by atoms with Crippen LogP contribution in [0.25, 0.3) is 22.3 Å². The van der Waals surface area contributed by atoms with Crippen LogP contribution < -0.4 is 0 Å². The van der Waals surface area contributed by atoms with E-state index in [4.69, 9.17) is 0 Å². The number of fused-ring (bicyclic) bond motifs is 1. The summed E-state index contributed by atoms with van der Waals surface area (Å²) in [6.45, 7) is 4.14. The van der Waals surface area contributed by atoms with E-state index in [1.54, 1.807) is 6.20 Å². The number of aromatic amines is 1. The number of aldehydes is 1. The first-order chi connectivity index (χ1) is 9.20. The van der Waals surface area contributed by atoms with E-state index in [0.717, 1.165) is 22.9 Å². The van der Waals surface area contributed by atoms with Crippen molar-refractivity contribution in [3.05, 3.63) is 47.4 Å². The van der Waals surface area contributed by atoms with Crippen LogP contribution in [0.4, 0.5) is 0 Å². The molecule has 4 nitrogen and oxygen atoms in total. The molecular formula is C15H13N3O. The fourth-order valence-electron chi connectivity index (χ4n) is 2.19. The van der Waals surface area contributed by atoms with E-state index < -0.39 is 0 Å². The number of hydrogen-bond acceptors (Lipinski definition) is 3. The predicted molar refractivity (Wildman–Crippen MR) is 74.2 cm³/mol.